The van der Waals surface area contributed by atoms with Gasteiger partial charge in [0.05, 0.1) is 11.1 Å². The van der Waals surface area contributed by atoms with E-state index in [1.54, 1.807) is 26.1 Å². The average Bonchev–Trinajstić information content (AvgIpc) is 2.47. The maximum absolute atomic E-state index is 12.9. The topological polar surface area (TPSA) is 56.3 Å². The summed E-state index contributed by atoms with van der Waals surface area (Å²) in [7, 11) is 0. The average molecular weight is 275 g/mol. The smallest absolute Gasteiger partial charge is 0.319 e. The molecule has 1 aromatic rings. The quantitative estimate of drug-likeness (QED) is 0.628. The molecule has 0 amide bonds. The van der Waals surface area contributed by atoms with Crippen LogP contribution in [0.5, 0.6) is 0 Å². The molecule has 0 N–H and O–H groups in total. The molecule has 0 aromatic carbocycles. The number of pyridine rings is 1. The van der Waals surface area contributed by atoms with Gasteiger partial charge in [-0.05, 0) is 38.8 Å². The van der Waals surface area contributed by atoms with Gasteiger partial charge in [0, 0.05) is 6.20 Å². The van der Waals surface area contributed by atoms with Crippen molar-refractivity contribution in [3.8, 4) is 0 Å². The molecule has 4 heteroatoms. The third kappa shape index (κ3) is 1.94. The highest BCUT2D eigenvalue weighted by atomic mass is 16.5. The van der Waals surface area contributed by atoms with Crippen molar-refractivity contribution in [3.05, 3.63) is 30.1 Å². The second-order valence-electron chi connectivity index (χ2n) is 5.86. The summed E-state index contributed by atoms with van der Waals surface area (Å²) >= 11 is 0. The summed E-state index contributed by atoms with van der Waals surface area (Å²) < 4.78 is 5.63. The van der Waals surface area contributed by atoms with Crippen molar-refractivity contribution >= 4 is 11.8 Å². The van der Waals surface area contributed by atoms with Crippen molar-refractivity contribution in [2.45, 2.75) is 46.6 Å². The number of esters is 1. The fourth-order valence-corrected chi connectivity index (χ4v) is 3.02. The van der Waals surface area contributed by atoms with Gasteiger partial charge < -0.3 is 4.74 Å². The first-order chi connectivity index (χ1) is 9.40. The van der Waals surface area contributed by atoms with E-state index in [0.29, 0.717) is 18.5 Å². The molecule has 1 atom stereocenters. The van der Waals surface area contributed by atoms with Gasteiger partial charge >= 0.3 is 5.97 Å². The zero-order chi connectivity index (χ0) is 15.0. The molecule has 20 heavy (non-hydrogen) atoms. The molecule has 0 spiro atoms. The van der Waals surface area contributed by atoms with E-state index in [-0.39, 0.29) is 5.78 Å². The van der Waals surface area contributed by atoms with E-state index in [2.05, 4.69) is 4.98 Å². The third-order valence-electron chi connectivity index (χ3n) is 4.48. The standard InChI is InChI=1S/C16H21NO3/c1-5-16(6-2)12(11-9-7-8-10-17-11)20-14(19)15(3,4)13(16)18/h7-10,12H,5-6H2,1-4H3/t12-/m0/s1. The fourth-order valence-electron chi connectivity index (χ4n) is 3.02. The molecule has 1 aliphatic heterocycles. The number of ketones is 1. The summed E-state index contributed by atoms with van der Waals surface area (Å²) in [5.41, 5.74) is -1.13. The van der Waals surface area contributed by atoms with Crippen molar-refractivity contribution in [2.24, 2.45) is 10.8 Å². The van der Waals surface area contributed by atoms with Gasteiger partial charge in [-0.15, -0.1) is 0 Å². The highest BCUT2D eigenvalue weighted by molar-refractivity contribution is 6.07. The summed E-state index contributed by atoms with van der Waals surface area (Å²) in [6, 6.07) is 5.46. The zero-order valence-electron chi connectivity index (χ0n) is 12.5. The van der Waals surface area contributed by atoms with Crippen LogP contribution in [0.15, 0.2) is 24.4 Å². The minimum absolute atomic E-state index is 0.0399. The first-order valence-electron chi connectivity index (χ1n) is 7.07. The summed E-state index contributed by atoms with van der Waals surface area (Å²) in [5, 5.41) is 0. The van der Waals surface area contributed by atoms with E-state index in [1.165, 1.54) is 0 Å². The predicted octanol–water partition coefficient (Wildman–Crippen LogP) is 3.08. The number of carbonyl (C=O) groups is 2. The highest BCUT2D eigenvalue weighted by Crippen LogP contribution is 2.51. The SMILES string of the molecule is CCC1(CC)C(=O)C(C)(C)C(=O)O[C@H]1c1ccccn1. The van der Waals surface area contributed by atoms with Crippen molar-refractivity contribution in [1.82, 2.24) is 4.98 Å². The van der Waals surface area contributed by atoms with Crippen molar-refractivity contribution in [1.29, 1.82) is 0 Å². The minimum atomic E-state index is -1.09. The maximum atomic E-state index is 12.9. The number of carbonyl (C=O) groups excluding carboxylic acids is 2. The number of ether oxygens (including phenoxy) is 1. The van der Waals surface area contributed by atoms with Gasteiger partial charge in [-0.1, -0.05) is 19.9 Å². The molecule has 0 bridgehead atoms. The molecule has 2 heterocycles. The Morgan fingerprint density at radius 3 is 2.35 bits per heavy atom. The van der Waals surface area contributed by atoms with E-state index in [4.69, 9.17) is 4.74 Å². The van der Waals surface area contributed by atoms with Crippen LogP contribution in [0, 0.1) is 10.8 Å². The monoisotopic (exact) mass is 275 g/mol. The van der Waals surface area contributed by atoms with Crippen LogP contribution in [0.2, 0.25) is 0 Å². The molecule has 1 aliphatic rings. The molecule has 0 unspecified atom stereocenters. The number of nitrogens with zero attached hydrogens (tertiary/aromatic N) is 1. The van der Waals surface area contributed by atoms with Crippen LogP contribution < -0.4 is 0 Å². The van der Waals surface area contributed by atoms with E-state index in [1.807, 2.05) is 26.0 Å². The van der Waals surface area contributed by atoms with Gasteiger partial charge in [0.2, 0.25) is 0 Å². The number of cyclic esters (lactones) is 1. The Hall–Kier alpha value is -1.71. The van der Waals surface area contributed by atoms with E-state index >= 15 is 0 Å². The molecule has 0 aliphatic carbocycles. The zero-order valence-corrected chi connectivity index (χ0v) is 12.5. The Bertz CT molecular complexity index is 518. The maximum Gasteiger partial charge on any atom is 0.319 e. The second-order valence-corrected chi connectivity index (χ2v) is 5.86. The Balaban J connectivity index is 2.56. The summed E-state index contributed by atoms with van der Waals surface area (Å²) in [6.07, 6.45) is 2.32. The summed E-state index contributed by atoms with van der Waals surface area (Å²) in [4.78, 5) is 29.3. The lowest BCUT2D eigenvalue weighted by Crippen LogP contribution is -2.54. The van der Waals surface area contributed by atoms with Crippen LogP contribution in [-0.4, -0.2) is 16.7 Å². The highest BCUT2D eigenvalue weighted by Gasteiger charge is 2.58. The van der Waals surface area contributed by atoms with Crippen LogP contribution in [0.3, 0.4) is 0 Å². The molecule has 1 aromatic heterocycles. The lowest BCUT2D eigenvalue weighted by Gasteiger charge is -2.46. The third-order valence-corrected chi connectivity index (χ3v) is 4.48. The van der Waals surface area contributed by atoms with Gasteiger partial charge in [0.25, 0.3) is 0 Å². The van der Waals surface area contributed by atoms with Gasteiger partial charge in [0.1, 0.15) is 5.41 Å². The largest absolute Gasteiger partial charge is 0.454 e. The summed E-state index contributed by atoms with van der Waals surface area (Å²) in [5.74, 6) is -0.502. The van der Waals surface area contributed by atoms with E-state index in [9.17, 15) is 9.59 Å². The molecular weight excluding hydrogens is 254 g/mol. The molecule has 0 saturated carbocycles. The second kappa shape index (κ2) is 5.00. The number of hydrogen-bond donors (Lipinski definition) is 0. The molecule has 1 fully saturated rings. The van der Waals surface area contributed by atoms with Crippen molar-refractivity contribution in [3.63, 3.8) is 0 Å². The summed E-state index contributed by atoms with van der Waals surface area (Å²) in [6.45, 7) is 7.22. The Morgan fingerprint density at radius 1 is 1.20 bits per heavy atom. The van der Waals surface area contributed by atoms with Crippen LogP contribution in [0.1, 0.15) is 52.3 Å². The lowest BCUT2D eigenvalue weighted by molar-refractivity contribution is -0.190. The number of aromatic nitrogens is 1. The fraction of sp³-hybridized carbons (Fsp3) is 0.562. The molecule has 108 valence electrons. The molecule has 1 saturated heterocycles. The normalized spacial score (nSPS) is 24.3. The van der Waals surface area contributed by atoms with Crippen LogP contribution >= 0.6 is 0 Å². The Kier molecular flexibility index (Phi) is 3.67. The van der Waals surface area contributed by atoms with Gasteiger partial charge in [-0.3, -0.25) is 14.6 Å². The minimum Gasteiger partial charge on any atom is -0.454 e. The first kappa shape index (κ1) is 14.7. The van der Waals surface area contributed by atoms with Gasteiger partial charge in [0.15, 0.2) is 11.9 Å². The van der Waals surface area contributed by atoms with Gasteiger partial charge in [-0.2, -0.15) is 0 Å². The van der Waals surface area contributed by atoms with Gasteiger partial charge in [-0.25, -0.2) is 0 Å². The predicted molar refractivity (Wildman–Crippen MR) is 74.9 cm³/mol. The van der Waals surface area contributed by atoms with Crippen molar-refractivity contribution in [2.75, 3.05) is 0 Å². The lowest BCUT2D eigenvalue weighted by atomic mass is 9.62. The van der Waals surface area contributed by atoms with E-state index in [0.717, 1.165) is 0 Å². The van der Waals surface area contributed by atoms with Crippen LogP contribution in [0.25, 0.3) is 0 Å². The Labute approximate surface area is 119 Å². The molecule has 0 radical (unpaired) electrons. The molecular formula is C16H21NO3. The Morgan fingerprint density at radius 2 is 1.85 bits per heavy atom. The van der Waals surface area contributed by atoms with Crippen LogP contribution in [-0.2, 0) is 14.3 Å². The molecule has 4 nitrogen and oxygen atoms in total. The van der Waals surface area contributed by atoms with E-state index < -0.39 is 22.9 Å². The molecule has 2 rings (SSSR count). The number of hydrogen-bond acceptors (Lipinski definition) is 4. The van der Waals surface area contributed by atoms with Crippen LogP contribution in [0.4, 0.5) is 0 Å². The van der Waals surface area contributed by atoms with Crippen molar-refractivity contribution < 1.29 is 14.3 Å². The number of Topliss-reactive ketones (excluding diaryl/α,β-unsaturated/α-hetero) is 1. The first-order valence-corrected chi connectivity index (χ1v) is 7.07. The number of rotatable bonds is 3.